The number of sulfonamides is 1. The summed E-state index contributed by atoms with van der Waals surface area (Å²) >= 11 is 6.15. The highest BCUT2D eigenvalue weighted by atomic mass is 35.5. The molecule has 0 fully saturated rings. The summed E-state index contributed by atoms with van der Waals surface area (Å²) in [6, 6.07) is 19.6. The molecular weight excluding hydrogens is 534 g/mol. The lowest BCUT2D eigenvalue weighted by molar-refractivity contribution is -0.139. The molecule has 0 saturated carbocycles. The van der Waals surface area contributed by atoms with E-state index in [0.717, 1.165) is 15.4 Å². The number of benzene rings is 3. The number of aryl methyl sites for hydroxylation is 2. The van der Waals surface area contributed by atoms with Gasteiger partial charge in [-0.2, -0.15) is 0 Å². The summed E-state index contributed by atoms with van der Waals surface area (Å²) < 4.78 is 28.8. The maximum atomic E-state index is 14.0. The number of anilines is 1. The quantitative estimate of drug-likeness (QED) is 0.338. The van der Waals surface area contributed by atoms with Gasteiger partial charge in [-0.3, -0.25) is 13.9 Å². The molecule has 2 amide bonds. The number of carbonyl (C=O) groups excluding carboxylic acids is 2. The van der Waals surface area contributed by atoms with Crippen molar-refractivity contribution in [2.75, 3.05) is 17.4 Å². The molecule has 0 radical (unpaired) electrons. The van der Waals surface area contributed by atoms with E-state index in [0.29, 0.717) is 22.8 Å². The Morgan fingerprint density at radius 1 is 0.923 bits per heavy atom. The van der Waals surface area contributed by atoms with Gasteiger partial charge in [0.1, 0.15) is 12.6 Å². The van der Waals surface area contributed by atoms with Gasteiger partial charge in [0, 0.05) is 18.1 Å². The molecule has 0 aliphatic heterocycles. The van der Waals surface area contributed by atoms with Crippen LogP contribution in [0.4, 0.5) is 5.69 Å². The molecule has 3 rings (SSSR count). The lowest BCUT2D eigenvalue weighted by Crippen LogP contribution is -2.51. The summed E-state index contributed by atoms with van der Waals surface area (Å²) in [4.78, 5) is 28.5. The standard InChI is InChI=1S/C30H36ClN3O4S/c1-21(2)18-32-30(36)24(5)33(19-25-13-11-22(3)12-14-25)29(35)20-34(28-16-15-26(31)17-23(28)4)39(37,38)27-9-7-6-8-10-27/h6-17,21,24H,18-20H2,1-5H3,(H,32,36)/t24-/m0/s1. The summed E-state index contributed by atoms with van der Waals surface area (Å²) in [7, 11) is -4.12. The van der Waals surface area contributed by atoms with Gasteiger partial charge in [-0.15, -0.1) is 0 Å². The van der Waals surface area contributed by atoms with E-state index in [4.69, 9.17) is 11.6 Å². The van der Waals surface area contributed by atoms with Gasteiger partial charge in [-0.05, 0) is 68.1 Å². The molecule has 0 aliphatic rings. The number of hydrogen-bond donors (Lipinski definition) is 1. The van der Waals surface area contributed by atoms with Crippen LogP contribution < -0.4 is 9.62 Å². The molecule has 3 aromatic rings. The van der Waals surface area contributed by atoms with Crippen molar-refractivity contribution < 1.29 is 18.0 Å². The number of halogens is 1. The second kappa shape index (κ2) is 13.1. The first-order valence-corrected chi connectivity index (χ1v) is 14.7. The minimum absolute atomic E-state index is 0.0555. The Kier molecular flexibility index (Phi) is 10.2. The molecule has 0 aromatic heterocycles. The van der Waals surface area contributed by atoms with Crippen LogP contribution >= 0.6 is 11.6 Å². The molecule has 7 nitrogen and oxygen atoms in total. The molecule has 0 aliphatic carbocycles. The fourth-order valence-corrected chi connectivity index (χ4v) is 5.78. The average molecular weight is 570 g/mol. The van der Waals surface area contributed by atoms with Gasteiger partial charge in [0.25, 0.3) is 10.0 Å². The molecule has 0 spiro atoms. The van der Waals surface area contributed by atoms with Crippen LogP contribution in [0.2, 0.25) is 5.02 Å². The maximum Gasteiger partial charge on any atom is 0.264 e. The molecule has 39 heavy (non-hydrogen) atoms. The van der Waals surface area contributed by atoms with E-state index in [1.54, 1.807) is 50.2 Å². The van der Waals surface area contributed by atoms with Crippen molar-refractivity contribution in [2.45, 2.75) is 52.1 Å². The van der Waals surface area contributed by atoms with E-state index < -0.39 is 28.5 Å². The number of nitrogens with one attached hydrogen (secondary N) is 1. The minimum Gasteiger partial charge on any atom is -0.354 e. The Hall–Kier alpha value is -3.36. The second-order valence-corrected chi connectivity index (χ2v) is 12.4. The predicted molar refractivity (Wildman–Crippen MR) is 156 cm³/mol. The van der Waals surface area contributed by atoms with Crippen LogP contribution in [0.3, 0.4) is 0 Å². The third-order valence-electron chi connectivity index (χ3n) is 6.36. The number of amides is 2. The minimum atomic E-state index is -4.12. The molecule has 0 heterocycles. The Morgan fingerprint density at radius 2 is 1.56 bits per heavy atom. The number of nitrogens with zero attached hydrogens (tertiary/aromatic N) is 2. The SMILES string of the molecule is Cc1ccc(CN(C(=O)CN(c2ccc(Cl)cc2C)S(=O)(=O)c2ccccc2)[C@@H](C)C(=O)NCC(C)C)cc1. The van der Waals surface area contributed by atoms with Crippen LogP contribution in [-0.4, -0.2) is 44.3 Å². The van der Waals surface area contributed by atoms with Crippen LogP contribution in [0, 0.1) is 19.8 Å². The van der Waals surface area contributed by atoms with Gasteiger partial charge in [-0.1, -0.05) is 73.5 Å². The Balaban J connectivity index is 2.03. The summed E-state index contributed by atoms with van der Waals surface area (Å²) in [6.45, 7) is 9.46. The highest BCUT2D eigenvalue weighted by Gasteiger charge is 2.33. The Bertz CT molecular complexity index is 1390. The summed E-state index contributed by atoms with van der Waals surface area (Å²) in [6.07, 6.45) is 0. The second-order valence-electron chi connectivity index (χ2n) is 10.1. The summed E-state index contributed by atoms with van der Waals surface area (Å²) in [5.41, 5.74) is 2.83. The van der Waals surface area contributed by atoms with E-state index in [9.17, 15) is 18.0 Å². The van der Waals surface area contributed by atoms with Crippen molar-refractivity contribution in [2.24, 2.45) is 5.92 Å². The van der Waals surface area contributed by atoms with Crippen LogP contribution in [0.15, 0.2) is 77.7 Å². The Morgan fingerprint density at radius 3 is 2.15 bits per heavy atom. The lowest BCUT2D eigenvalue weighted by atomic mass is 10.1. The average Bonchev–Trinajstić information content (AvgIpc) is 2.90. The first kappa shape index (κ1) is 30.2. The van der Waals surface area contributed by atoms with Crippen molar-refractivity contribution in [3.63, 3.8) is 0 Å². The van der Waals surface area contributed by atoms with Crippen LogP contribution in [0.1, 0.15) is 37.5 Å². The van der Waals surface area contributed by atoms with Gasteiger partial charge < -0.3 is 10.2 Å². The van der Waals surface area contributed by atoms with Crippen molar-refractivity contribution >= 4 is 39.1 Å². The molecule has 9 heteroatoms. The monoisotopic (exact) mass is 569 g/mol. The summed E-state index contributed by atoms with van der Waals surface area (Å²) in [5, 5.41) is 3.34. The van der Waals surface area contributed by atoms with E-state index >= 15 is 0 Å². The number of hydrogen-bond acceptors (Lipinski definition) is 4. The van der Waals surface area contributed by atoms with Gasteiger partial charge in [0.05, 0.1) is 10.6 Å². The zero-order valence-corrected chi connectivity index (χ0v) is 24.6. The zero-order chi connectivity index (χ0) is 28.7. The first-order chi connectivity index (χ1) is 18.4. The van der Waals surface area contributed by atoms with Crippen molar-refractivity contribution in [3.8, 4) is 0 Å². The highest BCUT2D eigenvalue weighted by Crippen LogP contribution is 2.29. The van der Waals surface area contributed by atoms with E-state index in [-0.39, 0.29) is 23.3 Å². The van der Waals surface area contributed by atoms with Crippen LogP contribution in [0.5, 0.6) is 0 Å². The van der Waals surface area contributed by atoms with Gasteiger partial charge >= 0.3 is 0 Å². The van der Waals surface area contributed by atoms with E-state index in [2.05, 4.69) is 5.32 Å². The molecule has 0 unspecified atom stereocenters. The molecule has 0 saturated heterocycles. The van der Waals surface area contributed by atoms with Crippen molar-refractivity contribution in [1.29, 1.82) is 0 Å². The lowest BCUT2D eigenvalue weighted by Gasteiger charge is -2.32. The zero-order valence-electron chi connectivity index (χ0n) is 23.0. The molecule has 0 bridgehead atoms. The molecule has 3 aromatic carbocycles. The Labute approximate surface area is 236 Å². The van der Waals surface area contributed by atoms with Gasteiger partial charge in [-0.25, -0.2) is 8.42 Å². The summed E-state index contributed by atoms with van der Waals surface area (Å²) in [5.74, 6) is -0.567. The van der Waals surface area contributed by atoms with E-state index in [1.807, 2.05) is 45.0 Å². The van der Waals surface area contributed by atoms with Crippen LogP contribution in [0.25, 0.3) is 0 Å². The van der Waals surface area contributed by atoms with Gasteiger partial charge in [0.2, 0.25) is 11.8 Å². The fraction of sp³-hybridized carbons (Fsp3) is 0.333. The maximum absolute atomic E-state index is 14.0. The topological polar surface area (TPSA) is 86.8 Å². The fourth-order valence-electron chi connectivity index (χ4n) is 4.06. The molecular formula is C30H36ClN3O4S. The molecule has 1 atom stereocenters. The third kappa shape index (κ3) is 7.83. The van der Waals surface area contributed by atoms with Crippen molar-refractivity contribution in [3.05, 3.63) is 94.5 Å². The molecule has 1 N–H and O–H groups in total. The molecule has 208 valence electrons. The highest BCUT2D eigenvalue weighted by molar-refractivity contribution is 7.92. The number of carbonyl (C=O) groups is 2. The smallest absolute Gasteiger partial charge is 0.264 e. The largest absolute Gasteiger partial charge is 0.354 e. The number of rotatable bonds is 11. The van der Waals surface area contributed by atoms with Crippen LogP contribution in [-0.2, 0) is 26.2 Å². The third-order valence-corrected chi connectivity index (χ3v) is 8.37. The first-order valence-electron chi connectivity index (χ1n) is 12.9. The van der Waals surface area contributed by atoms with E-state index in [1.165, 1.54) is 17.0 Å². The predicted octanol–water partition coefficient (Wildman–Crippen LogP) is 5.34. The van der Waals surface area contributed by atoms with Crippen molar-refractivity contribution in [1.82, 2.24) is 10.2 Å². The normalized spacial score (nSPS) is 12.2. The van der Waals surface area contributed by atoms with Gasteiger partial charge in [0.15, 0.2) is 0 Å².